The van der Waals surface area contributed by atoms with E-state index >= 15 is 0 Å². The number of benzene rings is 3. The quantitative estimate of drug-likeness (QED) is 0.764. The summed E-state index contributed by atoms with van der Waals surface area (Å²) in [5.74, 6) is -0.00968. The van der Waals surface area contributed by atoms with Crippen molar-refractivity contribution >= 4 is 28.1 Å². The normalized spacial score (nSPS) is 19.5. The number of anilines is 1. The summed E-state index contributed by atoms with van der Waals surface area (Å²) in [5, 5.41) is 5.35. The predicted molar refractivity (Wildman–Crippen MR) is 98.7 cm³/mol. The van der Waals surface area contributed by atoms with Crippen LogP contribution in [0.4, 0.5) is 5.69 Å². The molecular formula is C21H18N2O. The summed E-state index contributed by atoms with van der Waals surface area (Å²) in [5.41, 5.74) is 2.99. The molecule has 0 aromatic heterocycles. The van der Waals surface area contributed by atoms with Gasteiger partial charge in [0, 0.05) is 11.4 Å². The molecule has 0 fully saturated rings. The molecule has 24 heavy (non-hydrogen) atoms. The molecule has 0 radical (unpaired) electrons. The van der Waals surface area contributed by atoms with Crippen molar-refractivity contribution in [3.8, 4) is 0 Å². The Hall–Kier alpha value is -2.94. The smallest absolute Gasteiger partial charge is 0.250 e. The molecule has 0 aliphatic carbocycles. The molecule has 1 N–H and O–H groups in total. The van der Waals surface area contributed by atoms with E-state index in [1.807, 2.05) is 49.4 Å². The molecule has 3 aromatic rings. The molecule has 118 valence electrons. The van der Waals surface area contributed by atoms with E-state index in [2.05, 4.69) is 40.6 Å². The van der Waals surface area contributed by atoms with Gasteiger partial charge in [-0.1, -0.05) is 60.7 Å². The molecule has 3 aromatic carbocycles. The highest BCUT2D eigenvalue weighted by atomic mass is 16.2. The summed E-state index contributed by atoms with van der Waals surface area (Å²) < 4.78 is 0. The number of nitrogens with one attached hydrogen (secondary N) is 1. The van der Waals surface area contributed by atoms with Crippen LogP contribution in [0.15, 0.2) is 77.8 Å². The topological polar surface area (TPSA) is 41.5 Å². The van der Waals surface area contributed by atoms with Gasteiger partial charge in [-0.05, 0) is 35.4 Å². The average molecular weight is 314 g/mol. The molecule has 3 nitrogen and oxygen atoms in total. The van der Waals surface area contributed by atoms with Gasteiger partial charge in [-0.15, -0.1) is 0 Å². The highest BCUT2D eigenvalue weighted by Crippen LogP contribution is 2.36. The Morgan fingerprint density at radius 1 is 0.917 bits per heavy atom. The minimum absolute atomic E-state index is 0.0415. The molecule has 4 rings (SSSR count). The van der Waals surface area contributed by atoms with Gasteiger partial charge in [-0.25, -0.2) is 0 Å². The van der Waals surface area contributed by atoms with Crippen LogP contribution in [-0.2, 0) is 4.79 Å². The highest BCUT2D eigenvalue weighted by Gasteiger charge is 2.39. The molecule has 0 saturated carbocycles. The van der Waals surface area contributed by atoms with E-state index in [-0.39, 0.29) is 17.9 Å². The van der Waals surface area contributed by atoms with Crippen LogP contribution in [0.3, 0.4) is 0 Å². The van der Waals surface area contributed by atoms with Crippen LogP contribution in [0.5, 0.6) is 0 Å². The van der Waals surface area contributed by atoms with Crippen LogP contribution >= 0.6 is 0 Å². The number of amides is 1. The van der Waals surface area contributed by atoms with E-state index in [0.717, 1.165) is 11.4 Å². The second-order valence-electron chi connectivity index (χ2n) is 6.12. The van der Waals surface area contributed by atoms with Crippen molar-refractivity contribution in [2.24, 2.45) is 4.99 Å². The number of nitrogens with zero attached hydrogens (tertiary/aromatic N) is 1. The van der Waals surface area contributed by atoms with E-state index in [9.17, 15) is 4.79 Å². The van der Waals surface area contributed by atoms with Crippen LogP contribution < -0.4 is 5.32 Å². The molecule has 0 spiro atoms. The average Bonchev–Trinajstić information content (AvgIpc) is 2.60. The summed E-state index contributed by atoms with van der Waals surface area (Å²) in [6.07, 6.45) is 0. The first-order valence-electron chi connectivity index (χ1n) is 8.12. The molecular weight excluding hydrogens is 296 g/mol. The molecule has 1 aliphatic rings. The van der Waals surface area contributed by atoms with E-state index < -0.39 is 0 Å². The Morgan fingerprint density at radius 3 is 2.42 bits per heavy atom. The van der Waals surface area contributed by atoms with Gasteiger partial charge in [-0.2, -0.15) is 0 Å². The van der Waals surface area contributed by atoms with Gasteiger partial charge in [0.25, 0.3) is 0 Å². The standard InChI is InChI=1S/C21H18N2O/c1-14-19(18-13-7-9-15-8-5-6-12-17(15)18)20(22-14)21(24)23-16-10-3-2-4-11-16/h2-13,19-20H,1H3,(H,23,24)/t19-,20+/m1/s1. The number of fused-ring (bicyclic) bond motifs is 1. The van der Waals surface area contributed by atoms with Crippen molar-refractivity contribution in [2.75, 3.05) is 5.32 Å². The Labute approximate surface area is 141 Å². The minimum Gasteiger partial charge on any atom is -0.324 e. The largest absolute Gasteiger partial charge is 0.324 e. The first-order chi connectivity index (χ1) is 11.7. The van der Waals surface area contributed by atoms with Gasteiger partial charge in [-0.3, -0.25) is 9.79 Å². The number of hydrogen-bond donors (Lipinski definition) is 1. The number of carbonyl (C=O) groups is 1. The summed E-state index contributed by atoms with van der Waals surface area (Å²) >= 11 is 0. The third-order valence-electron chi connectivity index (χ3n) is 4.58. The van der Waals surface area contributed by atoms with Crippen LogP contribution in [0.2, 0.25) is 0 Å². The van der Waals surface area contributed by atoms with Crippen molar-refractivity contribution in [1.82, 2.24) is 0 Å². The molecule has 1 heterocycles. The monoisotopic (exact) mass is 314 g/mol. The van der Waals surface area contributed by atoms with Crippen LogP contribution in [-0.4, -0.2) is 17.7 Å². The first-order valence-corrected chi connectivity index (χ1v) is 8.12. The summed E-state index contributed by atoms with van der Waals surface area (Å²) in [6, 6.07) is 23.7. The lowest BCUT2D eigenvalue weighted by molar-refractivity contribution is -0.117. The summed E-state index contributed by atoms with van der Waals surface area (Å²) in [6.45, 7) is 2.00. The van der Waals surface area contributed by atoms with Gasteiger partial charge in [0.2, 0.25) is 5.91 Å². The zero-order valence-electron chi connectivity index (χ0n) is 13.4. The molecule has 1 amide bonds. The molecule has 2 atom stereocenters. The van der Waals surface area contributed by atoms with E-state index in [1.165, 1.54) is 16.3 Å². The second-order valence-corrected chi connectivity index (χ2v) is 6.12. The zero-order valence-corrected chi connectivity index (χ0v) is 13.4. The summed E-state index contributed by atoms with van der Waals surface area (Å²) in [7, 11) is 0. The Balaban J connectivity index is 1.65. The summed E-state index contributed by atoms with van der Waals surface area (Å²) in [4.78, 5) is 17.1. The van der Waals surface area contributed by atoms with E-state index in [4.69, 9.17) is 0 Å². The fourth-order valence-electron chi connectivity index (χ4n) is 3.39. The van der Waals surface area contributed by atoms with Gasteiger partial charge >= 0.3 is 0 Å². The fourth-order valence-corrected chi connectivity index (χ4v) is 3.39. The maximum Gasteiger partial charge on any atom is 0.250 e. The van der Waals surface area contributed by atoms with Crippen molar-refractivity contribution in [2.45, 2.75) is 18.9 Å². The van der Waals surface area contributed by atoms with Gasteiger partial charge in [0.1, 0.15) is 6.04 Å². The second kappa shape index (κ2) is 5.93. The SMILES string of the molecule is CC1=N[C@H](C(=O)Nc2ccccc2)[C@H]1c1cccc2ccccc12. The Bertz CT molecular complexity index is 925. The van der Waals surface area contributed by atoms with Gasteiger partial charge < -0.3 is 5.32 Å². The molecule has 1 aliphatic heterocycles. The Kier molecular flexibility index (Phi) is 3.62. The number of hydrogen-bond acceptors (Lipinski definition) is 2. The van der Waals surface area contributed by atoms with Crippen molar-refractivity contribution in [1.29, 1.82) is 0 Å². The fraction of sp³-hybridized carbons (Fsp3) is 0.143. The van der Waals surface area contributed by atoms with Crippen LogP contribution in [0, 0.1) is 0 Å². The lowest BCUT2D eigenvalue weighted by atomic mass is 9.80. The van der Waals surface area contributed by atoms with Crippen LogP contribution in [0.1, 0.15) is 18.4 Å². The van der Waals surface area contributed by atoms with Gasteiger partial charge in [0.05, 0.1) is 5.92 Å². The molecule has 0 saturated heterocycles. The highest BCUT2D eigenvalue weighted by molar-refractivity contribution is 6.09. The maximum absolute atomic E-state index is 12.6. The van der Waals surface area contributed by atoms with Crippen LogP contribution in [0.25, 0.3) is 10.8 Å². The maximum atomic E-state index is 12.6. The third kappa shape index (κ3) is 2.48. The lowest BCUT2D eigenvalue weighted by Crippen LogP contribution is -2.42. The number of carbonyl (C=O) groups excluding carboxylic acids is 1. The zero-order chi connectivity index (χ0) is 16.5. The van der Waals surface area contributed by atoms with E-state index in [0.29, 0.717) is 0 Å². The Morgan fingerprint density at radius 2 is 1.62 bits per heavy atom. The minimum atomic E-state index is -0.365. The molecule has 0 bridgehead atoms. The number of para-hydroxylation sites is 1. The number of rotatable bonds is 3. The van der Waals surface area contributed by atoms with E-state index in [1.54, 1.807) is 0 Å². The lowest BCUT2D eigenvalue weighted by Gasteiger charge is -2.33. The predicted octanol–water partition coefficient (Wildman–Crippen LogP) is 4.41. The number of aliphatic imine (C=N–C) groups is 1. The van der Waals surface area contributed by atoms with Crippen molar-refractivity contribution in [3.63, 3.8) is 0 Å². The third-order valence-corrected chi connectivity index (χ3v) is 4.58. The molecule has 0 unspecified atom stereocenters. The van der Waals surface area contributed by atoms with Crippen molar-refractivity contribution in [3.05, 3.63) is 78.4 Å². The molecule has 3 heteroatoms. The van der Waals surface area contributed by atoms with Gasteiger partial charge in [0.15, 0.2) is 0 Å². The van der Waals surface area contributed by atoms with Crippen molar-refractivity contribution < 1.29 is 4.79 Å². The first kappa shape index (κ1) is 14.6.